The van der Waals surface area contributed by atoms with Crippen molar-refractivity contribution in [2.45, 2.75) is 168 Å². The molecule has 61 heavy (non-hydrogen) atoms. The number of carbonyl (C=O) groups excluding carboxylic acids is 3. The Balaban J connectivity index is 1.76. The number of phosphoric acid groups is 1. The molecular formula is C48H81NO11P+. The molecule has 1 aliphatic carbocycles. The summed E-state index contributed by atoms with van der Waals surface area (Å²) < 4.78 is 40.6. The number of quaternary nitrogens is 1. The van der Waals surface area contributed by atoms with E-state index in [1.54, 1.807) is 12.2 Å². The van der Waals surface area contributed by atoms with Crippen LogP contribution in [0.15, 0.2) is 40.9 Å². The summed E-state index contributed by atoms with van der Waals surface area (Å²) in [6.45, 7) is 8.32. The van der Waals surface area contributed by atoms with Gasteiger partial charge in [-0.15, -0.1) is 0 Å². The summed E-state index contributed by atoms with van der Waals surface area (Å²) >= 11 is 0. The van der Waals surface area contributed by atoms with Gasteiger partial charge in [-0.1, -0.05) is 102 Å². The van der Waals surface area contributed by atoms with E-state index in [1.807, 2.05) is 45.4 Å². The van der Waals surface area contributed by atoms with Gasteiger partial charge in [0.25, 0.3) is 0 Å². The Hall–Kier alpha value is -2.86. The maximum atomic E-state index is 12.8. The molecule has 13 heteroatoms. The highest BCUT2D eigenvalue weighted by molar-refractivity contribution is 7.47. The third kappa shape index (κ3) is 24.5. The molecule has 2 rings (SSSR count). The van der Waals surface area contributed by atoms with Crippen LogP contribution in [-0.4, -0.2) is 91.9 Å². The molecule has 0 fully saturated rings. The van der Waals surface area contributed by atoms with E-state index in [0.717, 1.165) is 82.1 Å². The Bertz CT molecular complexity index is 1560. The second-order valence-electron chi connectivity index (χ2n) is 17.7. The first-order chi connectivity index (χ1) is 29.0. The number of aliphatic hydroxyl groups excluding tert-OH is 1. The van der Waals surface area contributed by atoms with Crippen molar-refractivity contribution in [3.63, 3.8) is 0 Å². The maximum absolute atomic E-state index is 12.8. The highest BCUT2D eigenvalue weighted by Gasteiger charge is 2.28. The van der Waals surface area contributed by atoms with Gasteiger partial charge in [-0.2, -0.15) is 0 Å². The number of ketones is 1. The van der Waals surface area contributed by atoms with E-state index in [9.17, 15) is 28.9 Å². The summed E-state index contributed by atoms with van der Waals surface area (Å²) in [4.78, 5) is 48.1. The minimum absolute atomic E-state index is 0.0101. The highest BCUT2D eigenvalue weighted by atomic mass is 31.2. The fraction of sp³-hybridized carbons (Fsp3) is 0.729. The molecule has 348 valence electrons. The molecule has 1 aliphatic rings. The third-order valence-electron chi connectivity index (χ3n) is 11.1. The molecule has 0 aromatic carbocycles. The number of aliphatic hydroxyl groups is 1. The van der Waals surface area contributed by atoms with Crippen LogP contribution in [0, 0.1) is 25.7 Å². The number of ether oxygens (including phenoxy) is 2. The van der Waals surface area contributed by atoms with Crippen molar-refractivity contribution in [2.75, 3.05) is 47.5 Å². The Kier molecular flexibility index (Phi) is 26.9. The van der Waals surface area contributed by atoms with E-state index in [1.165, 1.54) is 24.0 Å². The van der Waals surface area contributed by atoms with Crippen molar-refractivity contribution >= 4 is 25.5 Å². The van der Waals surface area contributed by atoms with Gasteiger partial charge < -0.3 is 28.4 Å². The lowest BCUT2D eigenvalue weighted by atomic mass is 9.90. The maximum Gasteiger partial charge on any atom is 0.472 e. The number of phosphoric ester groups is 1. The van der Waals surface area contributed by atoms with Crippen LogP contribution in [0.2, 0.25) is 0 Å². The van der Waals surface area contributed by atoms with Crippen LogP contribution >= 0.6 is 7.82 Å². The molecule has 0 amide bonds. The predicted molar refractivity (Wildman–Crippen MR) is 241 cm³/mol. The lowest BCUT2D eigenvalue weighted by Crippen LogP contribution is -2.37. The van der Waals surface area contributed by atoms with E-state index < -0.39 is 38.6 Å². The average Bonchev–Trinajstić information content (AvgIpc) is 3.69. The van der Waals surface area contributed by atoms with Gasteiger partial charge in [0.2, 0.25) is 0 Å². The summed E-state index contributed by atoms with van der Waals surface area (Å²) in [6.07, 6.45) is 26.6. The molecule has 2 N–H and O–H groups in total. The van der Waals surface area contributed by atoms with Gasteiger partial charge in [0, 0.05) is 31.6 Å². The van der Waals surface area contributed by atoms with Gasteiger partial charge >= 0.3 is 19.8 Å². The molecule has 1 aromatic rings. The molecule has 1 unspecified atom stereocenters. The van der Waals surface area contributed by atoms with E-state index >= 15 is 0 Å². The Morgan fingerprint density at radius 2 is 1.46 bits per heavy atom. The smallest absolute Gasteiger partial charge is 0.466 e. The first-order valence-electron chi connectivity index (χ1n) is 23.1. The minimum atomic E-state index is -4.44. The summed E-state index contributed by atoms with van der Waals surface area (Å²) in [5.74, 6) is 1.05. The summed E-state index contributed by atoms with van der Waals surface area (Å²) in [5, 5.41) is 10.2. The molecule has 12 nitrogen and oxygen atoms in total. The number of furan rings is 1. The van der Waals surface area contributed by atoms with Crippen LogP contribution in [-0.2, 0) is 50.3 Å². The van der Waals surface area contributed by atoms with Crippen LogP contribution in [0.4, 0.5) is 0 Å². The molecule has 1 aromatic heterocycles. The van der Waals surface area contributed by atoms with Gasteiger partial charge in [0.15, 0.2) is 11.9 Å². The zero-order chi connectivity index (χ0) is 45.1. The SMILES string of the molecule is CCCCCc1oc(CCCCCCCCC(=O)O[C@H](COC(=O)CCC/C=C\C[C@H]2C=CC(=O)[C@@H]2/C=C/[C@@H](O)CCCCC)COP(=O)(O)OCC[N+](C)(C)C)c(C)c1C. The number of esters is 2. The number of unbranched alkanes of at least 4 members (excludes halogenated alkanes) is 10. The summed E-state index contributed by atoms with van der Waals surface area (Å²) in [5.41, 5.74) is 2.57. The molecule has 1 heterocycles. The lowest BCUT2D eigenvalue weighted by molar-refractivity contribution is -0.870. The first-order valence-corrected chi connectivity index (χ1v) is 24.6. The standard InChI is InChI=1S/C48H80NO11P/c1-8-10-18-25-41(50)31-32-43-40(30-33-44(43)51)24-20-16-17-22-28-47(52)56-36-42(37-58-61(54,55)57-35-34-49(5,6)7)59-48(53)29-23-15-13-12-14-21-27-46-39(4)38(3)45(60-46)26-19-11-9-2/h16,20,30-33,40-43,50H,8-15,17-19,21-29,34-37H2,1-7H3/p+1/b20-16-,32-31+/t40-,41-,42+,43+/m0/s1. The molecule has 5 atom stereocenters. The second-order valence-corrected chi connectivity index (χ2v) is 19.1. The van der Waals surface area contributed by atoms with Crippen molar-refractivity contribution in [1.29, 1.82) is 0 Å². The lowest BCUT2D eigenvalue weighted by Gasteiger charge is -2.24. The van der Waals surface area contributed by atoms with Crippen molar-refractivity contribution in [3.8, 4) is 0 Å². The molecule has 0 aliphatic heterocycles. The van der Waals surface area contributed by atoms with Crippen LogP contribution < -0.4 is 0 Å². The van der Waals surface area contributed by atoms with E-state index in [-0.39, 0.29) is 43.7 Å². The number of hydrogen-bond acceptors (Lipinski definition) is 10. The largest absolute Gasteiger partial charge is 0.472 e. The van der Waals surface area contributed by atoms with E-state index in [0.29, 0.717) is 43.1 Å². The Morgan fingerprint density at radius 3 is 2.13 bits per heavy atom. The number of likely N-dealkylation sites (N-methyl/N-ethyl adjacent to an activating group) is 1. The molecule has 0 radical (unpaired) electrons. The average molecular weight is 879 g/mol. The molecule has 0 spiro atoms. The van der Waals surface area contributed by atoms with Gasteiger partial charge in [0.1, 0.15) is 31.3 Å². The predicted octanol–water partition coefficient (Wildman–Crippen LogP) is 10.2. The van der Waals surface area contributed by atoms with E-state index in [4.69, 9.17) is 22.9 Å². The van der Waals surface area contributed by atoms with Crippen LogP contribution in [0.1, 0.15) is 152 Å². The fourth-order valence-electron chi connectivity index (χ4n) is 7.06. The van der Waals surface area contributed by atoms with Crippen molar-refractivity contribution in [1.82, 2.24) is 0 Å². The zero-order valence-corrected chi connectivity index (χ0v) is 39.6. The van der Waals surface area contributed by atoms with Crippen LogP contribution in [0.25, 0.3) is 0 Å². The quantitative estimate of drug-likeness (QED) is 0.0220. The van der Waals surface area contributed by atoms with Gasteiger partial charge in [0.05, 0.1) is 33.9 Å². The number of allylic oxidation sites excluding steroid dienone is 5. The van der Waals surface area contributed by atoms with Gasteiger partial charge in [-0.25, -0.2) is 4.57 Å². The first kappa shape index (κ1) is 54.3. The van der Waals surface area contributed by atoms with E-state index in [2.05, 4.69) is 27.7 Å². The van der Waals surface area contributed by atoms with Gasteiger partial charge in [-0.3, -0.25) is 23.4 Å². The Morgan fingerprint density at radius 1 is 0.836 bits per heavy atom. The van der Waals surface area contributed by atoms with Crippen molar-refractivity contribution in [2.24, 2.45) is 11.8 Å². The summed E-state index contributed by atoms with van der Waals surface area (Å²) in [7, 11) is 1.34. The second kappa shape index (κ2) is 30.3. The topological polar surface area (TPSA) is 159 Å². The highest BCUT2D eigenvalue weighted by Crippen LogP contribution is 2.43. The number of carbonyl (C=O) groups is 3. The number of rotatable bonds is 35. The van der Waals surface area contributed by atoms with Crippen molar-refractivity contribution in [3.05, 3.63) is 59.1 Å². The number of nitrogens with zero attached hydrogens (tertiary/aromatic N) is 1. The molecule has 0 bridgehead atoms. The summed E-state index contributed by atoms with van der Waals surface area (Å²) in [6, 6.07) is 0. The normalized spacial score (nSPS) is 17.7. The number of hydrogen-bond donors (Lipinski definition) is 2. The Labute approximate surface area is 367 Å². The molecule has 0 saturated carbocycles. The van der Waals surface area contributed by atoms with Gasteiger partial charge in [-0.05, 0) is 81.9 Å². The zero-order valence-electron chi connectivity index (χ0n) is 38.7. The fourth-order valence-corrected chi connectivity index (χ4v) is 7.81. The number of aryl methyl sites for hydroxylation is 2. The van der Waals surface area contributed by atoms with Crippen LogP contribution in [0.5, 0.6) is 0 Å². The molecule has 0 saturated heterocycles. The monoisotopic (exact) mass is 879 g/mol. The van der Waals surface area contributed by atoms with Crippen molar-refractivity contribution < 1.29 is 56.4 Å². The minimum Gasteiger partial charge on any atom is -0.466 e. The van der Waals surface area contributed by atoms with Crippen LogP contribution in [0.3, 0.4) is 0 Å². The molecular weight excluding hydrogens is 797 g/mol. The third-order valence-corrected chi connectivity index (χ3v) is 12.1.